The van der Waals surface area contributed by atoms with E-state index in [2.05, 4.69) is 5.32 Å². The third-order valence-corrected chi connectivity index (χ3v) is 2.98. The Labute approximate surface area is 116 Å². The number of amides is 1. The van der Waals surface area contributed by atoms with Crippen molar-refractivity contribution < 1.29 is 9.18 Å². The van der Waals surface area contributed by atoms with Crippen LogP contribution in [0.3, 0.4) is 0 Å². The topological polar surface area (TPSA) is 29.1 Å². The van der Waals surface area contributed by atoms with Crippen LogP contribution in [-0.4, -0.2) is 5.91 Å². The van der Waals surface area contributed by atoms with Crippen LogP contribution in [0.2, 0.25) is 5.02 Å². The van der Waals surface area contributed by atoms with Crippen molar-refractivity contribution in [2.75, 3.05) is 0 Å². The van der Waals surface area contributed by atoms with Gasteiger partial charge in [-0.15, -0.1) is 0 Å². The third-order valence-electron chi connectivity index (χ3n) is 2.73. The molecule has 0 saturated carbocycles. The van der Waals surface area contributed by atoms with Gasteiger partial charge in [0, 0.05) is 11.9 Å². The van der Waals surface area contributed by atoms with Crippen molar-refractivity contribution in [1.29, 1.82) is 0 Å². The fourth-order valence-corrected chi connectivity index (χ4v) is 2.03. The van der Waals surface area contributed by atoms with E-state index in [0.717, 1.165) is 5.56 Å². The Morgan fingerprint density at radius 1 is 1.16 bits per heavy atom. The molecule has 2 rings (SSSR count). The summed E-state index contributed by atoms with van der Waals surface area (Å²) in [5.74, 6) is -0.508. The van der Waals surface area contributed by atoms with Crippen molar-refractivity contribution in [3.8, 4) is 0 Å². The molecule has 0 aliphatic rings. The molecule has 0 aromatic heterocycles. The number of halogens is 2. The summed E-state index contributed by atoms with van der Waals surface area (Å²) in [7, 11) is 0. The second kappa shape index (κ2) is 5.85. The smallest absolute Gasteiger partial charge is 0.217 e. The average molecular weight is 278 g/mol. The van der Waals surface area contributed by atoms with Crippen molar-refractivity contribution in [2.45, 2.75) is 13.0 Å². The van der Waals surface area contributed by atoms with Crippen molar-refractivity contribution in [1.82, 2.24) is 5.32 Å². The van der Waals surface area contributed by atoms with E-state index in [1.54, 1.807) is 24.3 Å². The molecule has 1 amide bonds. The van der Waals surface area contributed by atoms with E-state index in [0.29, 0.717) is 10.6 Å². The van der Waals surface area contributed by atoms with E-state index in [-0.39, 0.29) is 17.8 Å². The van der Waals surface area contributed by atoms with E-state index >= 15 is 0 Å². The van der Waals surface area contributed by atoms with Gasteiger partial charge in [-0.1, -0.05) is 35.9 Å². The minimum absolute atomic E-state index is 0.177. The highest BCUT2D eigenvalue weighted by Crippen LogP contribution is 2.24. The second-order valence-corrected chi connectivity index (χ2v) is 4.68. The molecule has 2 aromatic carbocycles. The summed E-state index contributed by atoms with van der Waals surface area (Å²) in [6.45, 7) is 1.43. The first kappa shape index (κ1) is 13.6. The first-order valence-corrected chi connectivity index (χ1v) is 6.22. The summed E-state index contributed by atoms with van der Waals surface area (Å²) in [5.41, 5.74) is 1.54. The summed E-state index contributed by atoms with van der Waals surface area (Å²) in [4.78, 5) is 11.3. The normalized spacial score (nSPS) is 11.9. The lowest BCUT2D eigenvalue weighted by molar-refractivity contribution is -0.119. The molecule has 2 aromatic rings. The third kappa shape index (κ3) is 3.55. The lowest BCUT2D eigenvalue weighted by atomic mass is 9.98. The first-order chi connectivity index (χ1) is 9.06. The molecule has 0 aliphatic carbocycles. The molecule has 0 aliphatic heterocycles. The van der Waals surface area contributed by atoms with E-state index in [9.17, 15) is 9.18 Å². The molecule has 0 bridgehead atoms. The largest absolute Gasteiger partial charge is 0.345 e. The van der Waals surface area contributed by atoms with Crippen molar-refractivity contribution >= 4 is 17.5 Å². The van der Waals surface area contributed by atoms with E-state index in [1.165, 1.54) is 19.1 Å². The fourth-order valence-electron chi connectivity index (χ4n) is 1.90. The highest BCUT2D eigenvalue weighted by atomic mass is 35.5. The number of hydrogen-bond acceptors (Lipinski definition) is 1. The van der Waals surface area contributed by atoms with Gasteiger partial charge in [0.2, 0.25) is 5.91 Å². The number of benzene rings is 2. The lowest BCUT2D eigenvalue weighted by Crippen LogP contribution is -2.26. The lowest BCUT2D eigenvalue weighted by Gasteiger charge is -2.19. The van der Waals surface area contributed by atoms with E-state index < -0.39 is 0 Å². The van der Waals surface area contributed by atoms with Crippen LogP contribution < -0.4 is 5.32 Å². The van der Waals surface area contributed by atoms with Gasteiger partial charge < -0.3 is 5.32 Å². The Kier molecular flexibility index (Phi) is 4.17. The van der Waals surface area contributed by atoms with Gasteiger partial charge in [-0.3, -0.25) is 4.79 Å². The van der Waals surface area contributed by atoms with Gasteiger partial charge in [0.1, 0.15) is 5.82 Å². The predicted octanol–water partition coefficient (Wildman–Crippen LogP) is 3.70. The quantitative estimate of drug-likeness (QED) is 0.910. The van der Waals surface area contributed by atoms with Crippen molar-refractivity contribution in [2.24, 2.45) is 0 Å². The number of rotatable bonds is 3. The summed E-state index contributed by atoms with van der Waals surface area (Å²) in [5, 5.41) is 3.43. The Morgan fingerprint density at radius 3 is 2.42 bits per heavy atom. The fraction of sp³-hybridized carbons (Fsp3) is 0.133. The number of hydrogen-bond donors (Lipinski definition) is 1. The molecule has 2 nitrogen and oxygen atoms in total. The minimum Gasteiger partial charge on any atom is -0.345 e. The summed E-state index contributed by atoms with van der Waals surface area (Å²) in [6, 6.07) is 12.9. The molecule has 4 heteroatoms. The molecule has 1 atom stereocenters. The number of nitrogens with one attached hydrogen (secondary N) is 1. The zero-order chi connectivity index (χ0) is 13.8. The zero-order valence-corrected chi connectivity index (χ0v) is 11.1. The van der Waals surface area contributed by atoms with Gasteiger partial charge in [0.25, 0.3) is 0 Å². The van der Waals surface area contributed by atoms with Gasteiger partial charge in [-0.2, -0.15) is 0 Å². The minimum atomic E-state index is -0.384. The van der Waals surface area contributed by atoms with E-state index in [4.69, 9.17) is 11.6 Å². The summed E-state index contributed by atoms with van der Waals surface area (Å²) < 4.78 is 13.3. The maximum atomic E-state index is 13.3. The highest BCUT2D eigenvalue weighted by Gasteiger charge is 2.15. The molecular weight excluding hydrogens is 265 g/mol. The molecule has 0 spiro atoms. The molecule has 0 radical (unpaired) electrons. The van der Waals surface area contributed by atoms with Crippen LogP contribution in [0.5, 0.6) is 0 Å². The van der Waals surface area contributed by atoms with Gasteiger partial charge >= 0.3 is 0 Å². The molecule has 1 N–H and O–H groups in total. The Balaban J connectivity index is 2.40. The molecule has 0 fully saturated rings. The van der Waals surface area contributed by atoms with Gasteiger partial charge in [0.05, 0.1) is 6.04 Å². The standard InChI is InChI=1S/C15H13ClFNO/c1-10(19)18-15(11-5-7-13(16)8-6-11)12-3-2-4-14(17)9-12/h2-9,15H,1H3,(H,18,19)/t15-/m0/s1. The van der Waals surface area contributed by atoms with Crippen LogP contribution in [-0.2, 0) is 4.79 Å². The maximum Gasteiger partial charge on any atom is 0.217 e. The van der Waals surface area contributed by atoms with Gasteiger partial charge in [-0.05, 0) is 35.4 Å². The van der Waals surface area contributed by atoms with Crippen LogP contribution in [0.25, 0.3) is 0 Å². The molecule has 19 heavy (non-hydrogen) atoms. The summed E-state index contributed by atoms with van der Waals surface area (Å²) >= 11 is 5.85. The van der Waals surface area contributed by atoms with Crippen LogP contribution in [0.4, 0.5) is 4.39 Å². The first-order valence-electron chi connectivity index (χ1n) is 5.84. The van der Waals surface area contributed by atoms with Crippen LogP contribution in [0.1, 0.15) is 24.1 Å². The van der Waals surface area contributed by atoms with Crippen molar-refractivity contribution in [3.05, 3.63) is 70.5 Å². The summed E-state index contributed by atoms with van der Waals surface area (Å²) in [6.07, 6.45) is 0. The Hall–Kier alpha value is -1.87. The average Bonchev–Trinajstić information content (AvgIpc) is 2.37. The number of carbonyl (C=O) groups is 1. The molecule has 0 saturated heterocycles. The highest BCUT2D eigenvalue weighted by molar-refractivity contribution is 6.30. The molecule has 0 unspecified atom stereocenters. The van der Waals surface area contributed by atoms with E-state index in [1.807, 2.05) is 12.1 Å². The molecule has 98 valence electrons. The zero-order valence-electron chi connectivity index (χ0n) is 10.4. The second-order valence-electron chi connectivity index (χ2n) is 4.24. The van der Waals surface area contributed by atoms with Gasteiger partial charge in [-0.25, -0.2) is 4.39 Å². The SMILES string of the molecule is CC(=O)N[C@@H](c1ccc(Cl)cc1)c1cccc(F)c1. The van der Waals surface area contributed by atoms with Gasteiger partial charge in [0.15, 0.2) is 0 Å². The molecular formula is C15H13ClFNO. The Morgan fingerprint density at radius 2 is 1.84 bits per heavy atom. The Bertz CT molecular complexity index is 583. The van der Waals surface area contributed by atoms with Crippen LogP contribution >= 0.6 is 11.6 Å². The van der Waals surface area contributed by atoms with Crippen LogP contribution in [0, 0.1) is 5.82 Å². The van der Waals surface area contributed by atoms with Crippen molar-refractivity contribution in [3.63, 3.8) is 0 Å². The predicted molar refractivity (Wildman–Crippen MR) is 73.5 cm³/mol. The molecule has 0 heterocycles. The maximum absolute atomic E-state index is 13.3. The van der Waals surface area contributed by atoms with Crippen LogP contribution in [0.15, 0.2) is 48.5 Å². The number of carbonyl (C=O) groups excluding carboxylic acids is 1. The monoisotopic (exact) mass is 277 g/mol.